The summed E-state index contributed by atoms with van der Waals surface area (Å²) >= 11 is 2.37. The highest BCUT2D eigenvalue weighted by Gasteiger charge is 2.16. The van der Waals surface area contributed by atoms with Gasteiger partial charge in [-0.2, -0.15) is 0 Å². The maximum atomic E-state index is 11.6. The predicted molar refractivity (Wildman–Crippen MR) is 69.6 cm³/mol. The molecule has 0 bridgehead atoms. The van der Waals surface area contributed by atoms with Crippen molar-refractivity contribution in [3.8, 4) is 0 Å². The molecule has 0 aliphatic carbocycles. The van der Waals surface area contributed by atoms with E-state index in [0.29, 0.717) is 10.1 Å². The van der Waals surface area contributed by atoms with Crippen molar-refractivity contribution < 1.29 is 14.7 Å². The van der Waals surface area contributed by atoms with Crippen molar-refractivity contribution >= 4 is 39.8 Å². The number of carboxylic acids is 1. The first-order valence-electron chi connectivity index (χ1n) is 5.08. The maximum Gasteiger partial charge on any atom is 0.355 e. The molecule has 8 nitrogen and oxygen atoms in total. The van der Waals surface area contributed by atoms with Crippen molar-refractivity contribution in [2.24, 2.45) is 0 Å². The van der Waals surface area contributed by atoms with Crippen molar-refractivity contribution in [1.82, 2.24) is 20.5 Å². The molecule has 0 saturated heterocycles. The standard InChI is InChI=1S/C9H9N5O3S2/c1-4(6-12-5(2-18-6)7(15)16)11-8(17)13-9-14-10-3-19-9/h2-4H,1H3,(H,15,16)(H2,11,13,14,17). The number of carbonyl (C=O) groups is 2. The van der Waals surface area contributed by atoms with E-state index in [2.05, 4.69) is 25.8 Å². The quantitative estimate of drug-likeness (QED) is 0.789. The second-order valence-electron chi connectivity index (χ2n) is 3.44. The van der Waals surface area contributed by atoms with E-state index < -0.39 is 18.0 Å². The number of hydrogen-bond acceptors (Lipinski definition) is 7. The minimum absolute atomic E-state index is 0.0295. The van der Waals surface area contributed by atoms with Crippen molar-refractivity contribution in [3.05, 3.63) is 21.6 Å². The molecule has 1 atom stereocenters. The fraction of sp³-hybridized carbons (Fsp3) is 0.222. The summed E-state index contributed by atoms with van der Waals surface area (Å²) in [6, 6.07) is -0.845. The van der Waals surface area contributed by atoms with E-state index in [1.54, 1.807) is 6.92 Å². The van der Waals surface area contributed by atoms with Gasteiger partial charge in [0.25, 0.3) is 0 Å². The fourth-order valence-electron chi connectivity index (χ4n) is 1.20. The lowest BCUT2D eigenvalue weighted by molar-refractivity contribution is 0.0691. The number of rotatable bonds is 4. The van der Waals surface area contributed by atoms with Crippen LogP contribution in [-0.2, 0) is 0 Å². The zero-order chi connectivity index (χ0) is 13.8. The van der Waals surface area contributed by atoms with Crippen LogP contribution in [0.3, 0.4) is 0 Å². The van der Waals surface area contributed by atoms with Gasteiger partial charge in [-0.3, -0.25) is 5.32 Å². The fourth-order valence-corrected chi connectivity index (χ4v) is 2.44. The summed E-state index contributed by atoms with van der Waals surface area (Å²) in [5.41, 5.74) is 1.47. The molecule has 0 aliphatic rings. The second-order valence-corrected chi connectivity index (χ2v) is 5.16. The van der Waals surface area contributed by atoms with E-state index in [4.69, 9.17) is 5.11 Å². The van der Waals surface area contributed by atoms with Crippen LogP contribution in [0, 0.1) is 0 Å². The van der Waals surface area contributed by atoms with E-state index in [0.717, 1.165) is 0 Å². The molecule has 0 aromatic carbocycles. The number of thiazole rings is 1. The minimum Gasteiger partial charge on any atom is -0.476 e. The SMILES string of the molecule is CC(NC(=O)Nc1nncs1)c1nc(C(=O)O)cs1. The number of nitrogens with one attached hydrogen (secondary N) is 2. The Kier molecular flexibility index (Phi) is 4.02. The third kappa shape index (κ3) is 3.45. The molecule has 3 N–H and O–H groups in total. The van der Waals surface area contributed by atoms with Gasteiger partial charge in [-0.25, -0.2) is 14.6 Å². The van der Waals surface area contributed by atoms with E-state index >= 15 is 0 Å². The molecular weight excluding hydrogens is 290 g/mol. The number of aromatic nitrogens is 3. The second kappa shape index (κ2) is 5.71. The monoisotopic (exact) mass is 299 g/mol. The molecule has 0 radical (unpaired) electrons. The third-order valence-electron chi connectivity index (χ3n) is 2.04. The van der Waals surface area contributed by atoms with Crippen LogP contribution in [0.25, 0.3) is 0 Å². The highest BCUT2D eigenvalue weighted by molar-refractivity contribution is 7.13. The van der Waals surface area contributed by atoms with Gasteiger partial charge in [0, 0.05) is 5.38 Å². The summed E-state index contributed by atoms with van der Waals surface area (Å²) in [6.45, 7) is 1.71. The average Bonchev–Trinajstić information content (AvgIpc) is 2.98. The van der Waals surface area contributed by atoms with Gasteiger partial charge < -0.3 is 10.4 Å². The molecule has 2 aromatic rings. The molecule has 2 rings (SSSR count). The first-order chi connectivity index (χ1) is 9.06. The molecule has 0 spiro atoms. The van der Waals surface area contributed by atoms with E-state index in [9.17, 15) is 9.59 Å². The van der Waals surface area contributed by atoms with Crippen LogP contribution >= 0.6 is 22.7 Å². The van der Waals surface area contributed by atoms with Crippen LogP contribution in [0.2, 0.25) is 0 Å². The molecule has 1 unspecified atom stereocenters. The summed E-state index contributed by atoms with van der Waals surface area (Å²) in [5.74, 6) is -1.09. The van der Waals surface area contributed by atoms with Crippen LogP contribution in [0.5, 0.6) is 0 Å². The number of urea groups is 1. The van der Waals surface area contributed by atoms with Gasteiger partial charge in [0.2, 0.25) is 5.13 Å². The summed E-state index contributed by atoms with van der Waals surface area (Å²) in [4.78, 5) is 26.2. The number of carboxylic acid groups (broad SMARTS) is 1. The maximum absolute atomic E-state index is 11.6. The molecular formula is C9H9N5O3S2. The van der Waals surface area contributed by atoms with Gasteiger partial charge in [-0.1, -0.05) is 11.3 Å². The molecule has 2 heterocycles. The van der Waals surface area contributed by atoms with E-state index in [1.807, 2.05) is 0 Å². The molecule has 2 amide bonds. The highest BCUT2D eigenvalue weighted by Crippen LogP contribution is 2.18. The Balaban J connectivity index is 1.94. The molecule has 2 aromatic heterocycles. The molecule has 100 valence electrons. The molecule has 0 saturated carbocycles. The number of nitrogens with zero attached hydrogens (tertiary/aromatic N) is 3. The zero-order valence-electron chi connectivity index (χ0n) is 9.65. The van der Waals surface area contributed by atoms with E-state index in [1.165, 1.54) is 33.6 Å². The normalized spacial score (nSPS) is 11.8. The first-order valence-corrected chi connectivity index (χ1v) is 6.84. The largest absolute Gasteiger partial charge is 0.476 e. The van der Waals surface area contributed by atoms with Gasteiger partial charge in [-0.15, -0.1) is 21.5 Å². The van der Waals surface area contributed by atoms with Crippen molar-refractivity contribution in [3.63, 3.8) is 0 Å². The Morgan fingerprint density at radius 1 is 1.42 bits per heavy atom. The van der Waals surface area contributed by atoms with Gasteiger partial charge >= 0.3 is 12.0 Å². The Morgan fingerprint density at radius 2 is 2.21 bits per heavy atom. The third-order valence-corrected chi connectivity index (χ3v) is 3.67. The van der Waals surface area contributed by atoms with Crippen LogP contribution in [0.1, 0.15) is 28.5 Å². The molecule has 0 fully saturated rings. The molecule has 19 heavy (non-hydrogen) atoms. The smallest absolute Gasteiger partial charge is 0.355 e. The van der Waals surface area contributed by atoms with Crippen molar-refractivity contribution in [2.75, 3.05) is 5.32 Å². The van der Waals surface area contributed by atoms with Gasteiger partial charge in [-0.05, 0) is 6.92 Å². The van der Waals surface area contributed by atoms with Crippen LogP contribution in [0.4, 0.5) is 9.93 Å². The summed E-state index contributed by atoms with van der Waals surface area (Å²) in [5, 5.41) is 23.5. The van der Waals surface area contributed by atoms with Gasteiger partial charge in [0.1, 0.15) is 10.5 Å². The van der Waals surface area contributed by atoms with E-state index in [-0.39, 0.29) is 5.69 Å². The van der Waals surface area contributed by atoms with Gasteiger partial charge in [0.05, 0.1) is 6.04 Å². The Hall–Kier alpha value is -2.07. The first kappa shape index (κ1) is 13.4. The summed E-state index contributed by atoms with van der Waals surface area (Å²) < 4.78 is 0. The summed E-state index contributed by atoms with van der Waals surface area (Å²) in [7, 11) is 0. The zero-order valence-corrected chi connectivity index (χ0v) is 11.3. The number of hydrogen-bond donors (Lipinski definition) is 3. The number of aromatic carboxylic acids is 1. The number of carbonyl (C=O) groups excluding carboxylic acids is 1. The minimum atomic E-state index is -1.09. The predicted octanol–water partition coefficient (Wildman–Crippen LogP) is 1.58. The number of amides is 2. The lowest BCUT2D eigenvalue weighted by Crippen LogP contribution is -2.31. The Morgan fingerprint density at radius 3 is 2.79 bits per heavy atom. The summed E-state index contributed by atoms with van der Waals surface area (Å²) in [6.07, 6.45) is 0. The van der Waals surface area contributed by atoms with Crippen molar-refractivity contribution in [1.29, 1.82) is 0 Å². The number of anilines is 1. The average molecular weight is 299 g/mol. The Labute approximate surface area is 115 Å². The lowest BCUT2D eigenvalue weighted by atomic mass is 10.3. The van der Waals surface area contributed by atoms with Gasteiger partial charge in [0.15, 0.2) is 5.69 Å². The topological polar surface area (TPSA) is 117 Å². The van der Waals surface area contributed by atoms with Crippen LogP contribution < -0.4 is 10.6 Å². The highest BCUT2D eigenvalue weighted by atomic mass is 32.1. The Bertz CT molecular complexity index is 582. The van der Waals surface area contributed by atoms with Crippen LogP contribution in [0.15, 0.2) is 10.9 Å². The lowest BCUT2D eigenvalue weighted by Gasteiger charge is -2.10. The molecule has 10 heteroatoms. The molecule has 0 aliphatic heterocycles. The van der Waals surface area contributed by atoms with Crippen LogP contribution in [-0.4, -0.2) is 32.3 Å². The van der Waals surface area contributed by atoms with Crippen molar-refractivity contribution in [2.45, 2.75) is 13.0 Å².